The molecule has 1 atom stereocenters. The van der Waals surface area contributed by atoms with Gasteiger partial charge in [0.05, 0.1) is 0 Å². The third-order valence-corrected chi connectivity index (χ3v) is 5.83. The molecule has 1 spiro atoms. The molecule has 4 heteroatoms. The van der Waals surface area contributed by atoms with Gasteiger partial charge >= 0.3 is 0 Å². The fraction of sp³-hybridized carbons (Fsp3) is 0.429. The van der Waals surface area contributed by atoms with Gasteiger partial charge in [-0.25, -0.2) is 4.39 Å². The van der Waals surface area contributed by atoms with E-state index >= 15 is 0 Å². The van der Waals surface area contributed by atoms with E-state index in [0.717, 1.165) is 45.3 Å². The van der Waals surface area contributed by atoms with E-state index in [-0.39, 0.29) is 17.4 Å². The summed E-state index contributed by atoms with van der Waals surface area (Å²) < 4.78 is 13.1. The lowest BCUT2D eigenvalue weighted by Gasteiger charge is -2.42. The van der Waals surface area contributed by atoms with Crippen molar-refractivity contribution in [2.45, 2.75) is 43.8 Å². The smallest absolute Gasteiger partial charge is 0.123 e. The summed E-state index contributed by atoms with van der Waals surface area (Å²) in [7, 11) is 0. The molecular formula is C21H26FN3. The van der Waals surface area contributed by atoms with Crippen molar-refractivity contribution in [1.82, 2.24) is 4.90 Å². The summed E-state index contributed by atoms with van der Waals surface area (Å²) in [6.45, 7) is 3.01. The molecule has 0 aliphatic carbocycles. The Kier molecular flexibility index (Phi) is 4.48. The average Bonchev–Trinajstić information content (AvgIpc) is 2.77. The second-order valence-electron chi connectivity index (χ2n) is 7.54. The fourth-order valence-corrected chi connectivity index (χ4v) is 4.23. The Morgan fingerprint density at radius 3 is 2.52 bits per heavy atom. The van der Waals surface area contributed by atoms with E-state index in [2.05, 4.69) is 34.5 Å². The van der Waals surface area contributed by atoms with Crippen LogP contribution in [0.3, 0.4) is 0 Å². The van der Waals surface area contributed by atoms with Gasteiger partial charge in [-0.3, -0.25) is 4.90 Å². The summed E-state index contributed by atoms with van der Waals surface area (Å²) in [4.78, 5) is 2.47. The average molecular weight is 339 g/mol. The topological polar surface area (TPSA) is 41.3 Å². The molecule has 2 aliphatic rings. The molecule has 0 saturated carbocycles. The maximum atomic E-state index is 13.1. The Balaban J connectivity index is 1.43. The Morgan fingerprint density at radius 2 is 1.76 bits per heavy atom. The lowest BCUT2D eigenvalue weighted by molar-refractivity contribution is 0.159. The molecule has 0 aromatic heterocycles. The molecule has 2 heterocycles. The van der Waals surface area contributed by atoms with Gasteiger partial charge < -0.3 is 11.1 Å². The molecule has 1 fully saturated rings. The highest BCUT2D eigenvalue weighted by atomic mass is 19.1. The van der Waals surface area contributed by atoms with Crippen LogP contribution in [0.25, 0.3) is 0 Å². The molecule has 0 bridgehead atoms. The van der Waals surface area contributed by atoms with Crippen LogP contribution in [0, 0.1) is 5.82 Å². The number of piperidine rings is 1. The molecule has 3 nitrogen and oxygen atoms in total. The Bertz CT molecular complexity index is 720. The molecule has 0 unspecified atom stereocenters. The first-order valence-electron chi connectivity index (χ1n) is 9.23. The minimum atomic E-state index is -0.168. The normalized spacial score (nSPS) is 22.9. The number of para-hydroxylation sites is 1. The Hall–Kier alpha value is -1.91. The highest BCUT2D eigenvalue weighted by molar-refractivity contribution is 5.55. The van der Waals surface area contributed by atoms with Crippen LogP contribution in [0.4, 0.5) is 10.1 Å². The third-order valence-electron chi connectivity index (χ3n) is 5.83. The van der Waals surface area contributed by atoms with E-state index in [1.54, 1.807) is 12.1 Å². The van der Waals surface area contributed by atoms with Crippen LogP contribution in [0.5, 0.6) is 0 Å². The molecule has 1 saturated heterocycles. The Labute approximate surface area is 149 Å². The van der Waals surface area contributed by atoms with Crippen molar-refractivity contribution in [1.29, 1.82) is 0 Å². The van der Waals surface area contributed by atoms with E-state index in [9.17, 15) is 4.39 Å². The number of hydrogen-bond acceptors (Lipinski definition) is 3. The number of fused-ring (bicyclic) bond motifs is 1. The van der Waals surface area contributed by atoms with E-state index in [4.69, 9.17) is 5.73 Å². The number of likely N-dealkylation sites (tertiary alicyclic amines) is 1. The number of hydrogen-bond donors (Lipinski definition) is 2. The summed E-state index contributed by atoms with van der Waals surface area (Å²) in [5.74, 6) is -0.168. The van der Waals surface area contributed by atoms with E-state index in [1.807, 2.05) is 12.1 Å². The van der Waals surface area contributed by atoms with Gasteiger partial charge in [0.25, 0.3) is 0 Å². The van der Waals surface area contributed by atoms with Crippen LogP contribution >= 0.6 is 0 Å². The van der Waals surface area contributed by atoms with Crippen LogP contribution in [0.15, 0.2) is 48.5 Å². The quantitative estimate of drug-likeness (QED) is 0.867. The monoisotopic (exact) mass is 339 g/mol. The summed E-state index contributed by atoms with van der Waals surface area (Å²) in [6.07, 6.45) is 4.39. The fourth-order valence-electron chi connectivity index (χ4n) is 4.23. The first kappa shape index (κ1) is 16.6. The summed E-state index contributed by atoms with van der Waals surface area (Å²) in [5.41, 5.74) is 10.2. The molecule has 2 aromatic carbocycles. The van der Waals surface area contributed by atoms with Gasteiger partial charge in [-0.15, -0.1) is 0 Å². The van der Waals surface area contributed by atoms with Crippen molar-refractivity contribution < 1.29 is 4.39 Å². The molecule has 3 N–H and O–H groups in total. The van der Waals surface area contributed by atoms with Crippen molar-refractivity contribution in [2.75, 3.05) is 18.4 Å². The molecular weight excluding hydrogens is 313 g/mol. The van der Waals surface area contributed by atoms with Crippen molar-refractivity contribution in [3.63, 3.8) is 0 Å². The van der Waals surface area contributed by atoms with Crippen LogP contribution in [-0.4, -0.2) is 23.5 Å². The summed E-state index contributed by atoms with van der Waals surface area (Å²) >= 11 is 0. The highest BCUT2D eigenvalue weighted by Crippen LogP contribution is 2.39. The number of benzene rings is 2. The third kappa shape index (κ3) is 3.55. The molecule has 4 rings (SSSR count). The second kappa shape index (κ2) is 6.77. The zero-order valence-electron chi connectivity index (χ0n) is 14.5. The predicted octanol–water partition coefficient (Wildman–Crippen LogP) is 4.07. The summed E-state index contributed by atoms with van der Waals surface area (Å²) in [5, 5.41) is 3.84. The highest BCUT2D eigenvalue weighted by Gasteiger charge is 2.37. The van der Waals surface area contributed by atoms with Gasteiger partial charge in [0.1, 0.15) is 5.82 Å². The lowest BCUT2D eigenvalue weighted by Crippen LogP contribution is -2.48. The van der Waals surface area contributed by atoms with E-state index < -0.39 is 0 Å². The zero-order valence-corrected chi connectivity index (χ0v) is 14.5. The standard InChI is InChI=1S/C21H26FN3/c22-17-7-5-16(6-8-17)15-25-13-11-21(12-14-25)10-9-19(23)18-3-1-2-4-20(18)24-21/h1-8,19,24H,9-15,23H2/t19-/m1/s1. The van der Waals surface area contributed by atoms with Crippen molar-refractivity contribution in [2.24, 2.45) is 5.73 Å². The van der Waals surface area contributed by atoms with Crippen molar-refractivity contribution in [3.05, 3.63) is 65.5 Å². The van der Waals surface area contributed by atoms with Crippen LogP contribution in [-0.2, 0) is 6.54 Å². The van der Waals surface area contributed by atoms with Gasteiger partial charge in [-0.05, 0) is 55.0 Å². The number of nitrogens with zero attached hydrogens (tertiary/aromatic N) is 1. The zero-order chi connectivity index (χ0) is 17.3. The van der Waals surface area contributed by atoms with Gasteiger partial charge in [0.2, 0.25) is 0 Å². The first-order chi connectivity index (χ1) is 12.1. The van der Waals surface area contributed by atoms with Gasteiger partial charge in [0.15, 0.2) is 0 Å². The largest absolute Gasteiger partial charge is 0.379 e. The molecule has 0 amide bonds. The van der Waals surface area contributed by atoms with Crippen LogP contribution in [0.2, 0.25) is 0 Å². The number of halogens is 1. The number of rotatable bonds is 2. The van der Waals surface area contributed by atoms with E-state index in [1.165, 1.54) is 16.8 Å². The number of anilines is 1. The first-order valence-corrected chi connectivity index (χ1v) is 9.23. The minimum absolute atomic E-state index is 0.125. The van der Waals surface area contributed by atoms with E-state index in [0.29, 0.717) is 0 Å². The van der Waals surface area contributed by atoms with Gasteiger partial charge in [-0.1, -0.05) is 30.3 Å². The number of nitrogens with two attached hydrogens (primary N) is 1. The molecule has 2 aromatic rings. The SMILES string of the molecule is N[C@@H]1CCC2(CCN(Cc3ccc(F)cc3)CC2)Nc2ccccc21. The van der Waals surface area contributed by atoms with Gasteiger partial charge in [0, 0.05) is 36.9 Å². The maximum absolute atomic E-state index is 13.1. The second-order valence-corrected chi connectivity index (χ2v) is 7.54. The Morgan fingerprint density at radius 1 is 1.04 bits per heavy atom. The maximum Gasteiger partial charge on any atom is 0.123 e. The minimum Gasteiger partial charge on any atom is -0.379 e. The predicted molar refractivity (Wildman–Crippen MR) is 99.9 cm³/mol. The molecule has 2 aliphatic heterocycles. The molecule has 132 valence electrons. The molecule has 0 radical (unpaired) electrons. The van der Waals surface area contributed by atoms with Crippen molar-refractivity contribution >= 4 is 5.69 Å². The van der Waals surface area contributed by atoms with Crippen molar-refractivity contribution in [3.8, 4) is 0 Å². The van der Waals surface area contributed by atoms with Gasteiger partial charge in [-0.2, -0.15) is 0 Å². The summed E-state index contributed by atoms with van der Waals surface area (Å²) in [6, 6.07) is 15.5. The molecule has 25 heavy (non-hydrogen) atoms. The van der Waals surface area contributed by atoms with Crippen LogP contribution < -0.4 is 11.1 Å². The van der Waals surface area contributed by atoms with Crippen LogP contribution in [0.1, 0.15) is 42.9 Å². The lowest BCUT2D eigenvalue weighted by atomic mass is 9.83. The number of nitrogens with one attached hydrogen (secondary N) is 1.